The highest BCUT2D eigenvalue weighted by atomic mass is 32.2. The maximum atomic E-state index is 12.0. The summed E-state index contributed by atoms with van der Waals surface area (Å²) < 4.78 is 26.8. The molecular weight excluding hydrogens is 236 g/mol. The fraction of sp³-hybridized carbons (Fsp3) is 0.833. The molecule has 1 heterocycles. The zero-order chi connectivity index (χ0) is 12.1. The van der Waals surface area contributed by atoms with Gasteiger partial charge in [-0.05, 0) is 38.6 Å². The van der Waals surface area contributed by atoms with E-state index in [1.807, 2.05) is 0 Å². The third-order valence-corrected chi connectivity index (χ3v) is 4.98. The highest BCUT2D eigenvalue weighted by Crippen LogP contribution is 2.13. The Bertz CT molecular complexity index is 359. The fourth-order valence-corrected chi connectivity index (χ4v) is 4.17. The van der Waals surface area contributed by atoms with Crippen LogP contribution < -0.4 is 10.0 Å². The van der Waals surface area contributed by atoms with Gasteiger partial charge in [-0.1, -0.05) is 18.6 Å². The molecule has 2 rings (SSSR count). The van der Waals surface area contributed by atoms with Crippen LogP contribution in [0.5, 0.6) is 0 Å². The van der Waals surface area contributed by atoms with E-state index in [2.05, 4.69) is 22.2 Å². The van der Waals surface area contributed by atoms with Crippen LogP contribution >= 0.6 is 0 Å². The van der Waals surface area contributed by atoms with Gasteiger partial charge < -0.3 is 5.32 Å². The van der Waals surface area contributed by atoms with Gasteiger partial charge >= 0.3 is 0 Å². The van der Waals surface area contributed by atoms with E-state index in [1.54, 1.807) is 0 Å². The Balaban J connectivity index is 1.82. The lowest BCUT2D eigenvalue weighted by atomic mass is 10.0. The van der Waals surface area contributed by atoms with E-state index in [4.69, 9.17) is 0 Å². The quantitative estimate of drug-likeness (QED) is 0.744. The van der Waals surface area contributed by atoms with Gasteiger partial charge in [0, 0.05) is 12.1 Å². The van der Waals surface area contributed by atoms with Gasteiger partial charge in [0.05, 0.1) is 5.75 Å². The molecule has 0 bridgehead atoms. The van der Waals surface area contributed by atoms with E-state index >= 15 is 0 Å². The van der Waals surface area contributed by atoms with E-state index in [0.717, 1.165) is 45.1 Å². The molecule has 0 aromatic carbocycles. The Labute approximate surface area is 104 Å². The molecule has 4 nitrogen and oxygen atoms in total. The van der Waals surface area contributed by atoms with E-state index < -0.39 is 10.0 Å². The molecule has 1 aliphatic heterocycles. The first-order valence-electron chi connectivity index (χ1n) is 6.54. The second-order valence-corrected chi connectivity index (χ2v) is 6.83. The SMILES string of the molecule is O=S(=O)(CC1CCCCN1)NC1CC=CCC1. The van der Waals surface area contributed by atoms with Crippen molar-refractivity contribution in [1.29, 1.82) is 0 Å². The molecule has 2 aliphatic rings. The van der Waals surface area contributed by atoms with Crippen molar-refractivity contribution in [3.05, 3.63) is 12.2 Å². The molecule has 0 amide bonds. The van der Waals surface area contributed by atoms with Crippen molar-refractivity contribution in [3.8, 4) is 0 Å². The third-order valence-electron chi connectivity index (χ3n) is 3.45. The number of rotatable bonds is 4. The minimum Gasteiger partial charge on any atom is -0.313 e. The lowest BCUT2D eigenvalue weighted by molar-refractivity contribution is 0.420. The van der Waals surface area contributed by atoms with Crippen LogP contribution in [-0.2, 0) is 10.0 Å². The Morgan fingerprint density at radius 1 is 1.24 bits per heavy atom. The summed E-state index contributed by atoms with van der Waals surface area (Å²) in [6.07, 6.45) is 10.2. The van der Waals surface area contributed by atoms with Crippen LogP contribution in [0.25, 0.3) is 0 Å². The smallest absolute Gasteiger partial charge is 0.213 e. The van der Waals surface area contributed by atoms with E-state index in [-0.39, 0.29) is 17.8 Å². The summed E-state index contributed by atoms with van der Waals surface area (Å²) >= 11 is 0. The van der Waals surface area contributed by atoms with Crippen molar-refractivity contribution in [2.24, 2.45) is 0 Å². The highest BCUT2D eigenvalue weighted by molar-refractivity contribution is 7.89. The van der Waals surface area contributed by atoms with Crippen molar-refractivity contribution in [1.82, 2.24) is 10.0 Å². The van der Waals surface area contributed by atoms with Crippen LogP contribution in [0, 0.1) is 0 Å². The van der Waals surface area contributed by atoms with Gasteiger partial charge in [0.15, 0.2) is 0 Å². The van der Waals surface area contributed by atoms with Gasteiger partial charge in [0.25, 0.3) is 0 Å². The number of nitrogens with one attached hydrogen (secondary N) is 2. The predicted octanol–water partition coefficient (Wildman–Crippen LogP) is 1.16. The maximum absolute atomic E-state index is 12.0. The van der Waals surface area contributed by atoms with Gasteiger partial charge in [-0.2, -0.15) is 0 Å². The van der Waals surface area contributed by atoms with Gasteiger partial charge in [-0.25, -0.2) is 13.1 Å². The Hall–Kier alpha value is -0.390. The van der Waals surface area contributed by atoms with Gasteiger partial charge in [-0.15, -0.1) is 0 Å². The van der Waals surface area contributed by atoms with Crippen LogP contribution in [0.4, 0.5) is 0 Å². The largest absolute Gasteiger partial charge is 0.313 e. The molecular formula is C12H22N2O2S. The lowest BCUT2D eigenvalue weighted by Crippen LogP contribution is -2.45. The summed E-state index contributed by atoms with van der Waals surface area (Å²) in [6.45, 7) is 0.951. The Morgan fingerprint density at radius 2 is 2.12 bits per heavy atom. The summed E-state index contributed by atoms with van der Waals surface area (Å²) in [5.74, 6) is 0.229. The summed E-state index contributed by atoms with van der Waals surface area (Å²) in [5.41, 5.74) is 0. The topological polar surface area (TPSA) is 58.2 Å². The molecule has 1 aliphatic carbocycles. The second kappa shape index (κ2) is 5.98. The maximum Gasteiger partial charge on any atom is 0.213 e. The minimum atomic E-state index is -3.13. The van der Waals surface area contributed by atoms with Crippen molar-refractivity contribution in [2.75, 3.05) is 12.3 Å². The molecule has 0 saturated carbocycles. The third kappa shape index (κ3) is 4.41. The molecule has 2 atom stereocenters. The van der Waals surface area contributed by atoms with Gasteiger partial charge in [0.2, 0.25) is 10.0 Å². The number of hydrogen-bond donors (Lipinski definition) is 2. The fourth-order valence-electron chi connectivity index (χ4n) is 2.53. The highest BCUT2D eigenvalue weighted by Gasteiger charge is 2.23. The monoisotopic (exact) mass is 258 g/mol. The van der Waals surface area contributed by atoms with Crippen LogP contribution in [-0.4, -0.2) is 32.8 Å². The molecule has 0 radical (unpaired) electrons. The van der Waals surface area contributed by atoms with Crippen LogP contribution in [0.2, 0.25) is 0 Å². The number of hydrogen-bond acceptors (Lipinski definition) is 3. The van der Waals surface area contributed by atoms with Crippen molar-refractivity contribution < 1.29 is 8.42 Å². The zero-order valence-electron chi connectivity index (χ0n) is 10.2. The molecule has 1 saturated heterocycles. The average Bonchev–Trinajstić information content (AvgIpc) is 2.30. The van der Waals surface area contributed by atoms with Crippen molar-refractivity contribution >= 4 is 10.0 Å². The summed E-state index contributed by atoms with van der Waals surface area (Å²) in [6, 6.07) is 0.244. The molecule has 2 unspecified atom stereocenters. The molecule has 5 heteroatoms. The zero-order valence-corrected chi connectivity index (χ0v) is 11.0. The summed E-state index contributed by atoms with van der Waals surface area (Å²) in [5, 5.41) is 3.28. The lowest BCUT2D eigenvalue weighted by Gasteiger charge is -2.25. The Kier molecular flexibility index (Phi) is 4.59. The van der Waals surface area contributed by atoms with E-state index in [0.29, 0.717) is 0 Å². The average molecular weight is 258 g/mol. The molecule has 98 valence electrons. The standard InChI is InChI=1S/C12H22N2O2S/c15-17(16,10-12-8-4-5-9-13-12)14-11-6-2-1-3-7-11/h1-2,11-14H,3-10H2. The van der Waals surface area contributed by atoms with Crippen LogP contribution in [0.15, 0.2) is 12.2 Å². The van der Waals surface area contributed by atoms with E-state index in [1.165, 1.54) is 0 Å². The molecule has 0 aromatic rings. The molecule has 0 aromatic heterocycles. The van der Waals surface area contributed by atoms with Gasteiger partial charge in [0.1, 0.15) is 0 Å². The molecule has 17 heavy (non-hydrogen) atoms. The number of sulfonamides is 1. The summed E-state index contributed by atoms with van der Waals surface area (Å²) in [4.78, 5) is 0. The minimum absolute atomic E-state index is 0.105. The van der Waals surface area contributed by atoms with E-state index in [9.17, 15) is 8.42 Å². The van der Waals surface area contributed by atoms with Gasteiger partial charge in [-0.3, -0.25) is 0 Å². The first-order chi connectivity index (χ1) is 8.16. The first-order valence-corrected chi connectivity index (χ1v) is 8.19. The first kappa shape index (κ1) is 13.1. The van der Waals surface area contributed by atoms with Crippen LogP contribution in [0.1, 0.15) is 38.5 Å². The Morgan fingerprint density at radius 3 is 2.76 bits per heavy atom. The predicted molar refractivity (Wildman–Crippen MR) is 69.3 cm³/mol. The second-order valence-electron chi connectivity index (χ2n) is 5.03. The summed E-state index contributed by atoms with van der Waals surface area (Å²) in [7, 11) is -3.13. The molecule has 2 N–H and O–H groups in total. The van der Waals surface area contributed by atoms with Crippen molar-refractivity contribution in [2.45, 2.75) is 50.6 Å². The molecule has 0 spiro atoms. The van der Waals surface area contributed by atoms with Crippen molar-refractivity contribution in [3.63, 3.8) is 0 Å². The molecule has 1 fully saturated rings. The normalized spacial score (nSPS) is 30.4. The van der Waals surface area contributed by atoms with Crippen LogP contribution in [0.3, 0.4) is 0 Å². The number of allylic oxidation sites excluding steroid dienone is 1. The number of piperidine rings is 1.